The largest absolute Gasteiger partial charge is 0.336 e. The van der Waals surface area contributed by atoms with Crippen molar-refractivity contribution in [1.82, 2.24) is 4.90 Å². The predicted molar refractivity (Wildman–Crippen MR) is 87.0 cm³/mol. The molecule has 0 bridgehead atoms. The van der Waals surface area contributed by atoms with E-state index in [9.17, 15) is 4.79 Å². The van der Waals surface area contributed by atoms with Crippen molar-refractivity contribution in [1.29, 1.82) is 0 Å². The number of rotatable bonds is 8. The zero-order valence-electron chi connectivity index (χ0n) is 12.5. The number of hydrogen-bond acceptors (Lipinski definition) is 2. The molecule has 0 aromatic heterocycles. The third-order valence-electron chi connectivity index (χ3n) is 3.38. The van der Waals surface area contributed by atoms with Crippen LogP contribution in [0.2, 0.25) is 0 Å². The van der Waals surface area contributed by atoms with E-state index in [2.05, 4.69) is 26.0 Å². The molecule has 1 unspecified atom stereocenters. The highest BCUT2D eigenvalue weighted by Crippen LogP contribution is 2.25. The Morgan fingerprint density at radius 2 is 1.90 bits per heavy atom. The first-order valence-electron chi connectivity index (χ1n) is 7.29. The third kappa shape index (κ3) is 5.51. The van der Waals surface area contributed by atoms with E-state index in [0.29, 0.717) is 13.0 Å². The van der Waals surface area contributed by atoms with Crippen LogP contribution in [0.4, 0.5) is 0 Å². The molecule has 1 aromatic rings. The highest BCUT2D eigenvalue weighted by molar-refractivity contribution is 5.85. The Morgan fingerprint density at radius 3 is 2.40 bits per heavy atom. The standard InChI is InChI=1S/C16H26N2O.ClH/c1-3-5-13-18(16(19)11-12-17)15(4-2)14-9-7-6-8-10-14;/h6-10,15H,3-5,11-13,17H2,1-2H3;1H. The zero-order valence-corrected chi connectivity index (χ0v) is 13.4. The summed E-state index contributed by atoms with van der Waals surface area (Å²) in [5, 5.41) is 0. The zero-order chi connectivity index (χ0) is 14.1. The predicted octanol–water partition coefficient (Wildman–Crippen LogP) is 3.54. The molecule has 1 amide bonds. The Labute approximate surface area is 128 Å². The van der Waals surface area contributed by atoms with E-state index in [4.69, 9.17) is 5.73 Å². The van der Waals surface area contributed by atoms with Gasteiger partial charge in [0.25, 0.3) is 0 Å². The maximum absolute atomic E-state index is 12.3. The minimum atomic E-state index is 0. The summed E-state index contributed by atoms with van der Waals surface area (Å²) in [6.45, 7) is 5.52. The summed E-state index contributed by atoms with van der Waals surface area (Å²) in [6.07, 6.45) is 3.51. The van der Waals surface area contributed by atoms with E-state index in [1.807, 2.05) is 23.1 Å². The molecule has 1 rings (SSSR count). The summed E-state index contributed by atoms with van der Waals surface area (Å²) >= 11 is 0. The molecule has 0 aliphatic rings. The average molecular weight is 299 g/mol. The Hall–Kier alpha value is -1.06. The number of unbranched alkanes of at least 4 members (excludes halogenated alkanes) is 1. The molecule has 1 atom stereocenters. The van der Waals surface area contributed by atoms with Crippen molar-refractivity contribution in [3.63, 3.8) is 0 Å². The lowest BCUT2D eigenvalue weighted by Crippen LogP contribution is -2.36. The molecule has 0 spiro atoms. The number of halogens is 1. The van der Waals surface area contributed by atoms with E-state index in [1.165, 1.54) is 5.56 Å². The van der Waals surface area contributed by atoms with Crippen molar-refractivity contribution in [2.45, 2.75) is 45.6 Å². The van der Waals surface area contributed by atoms with Crippen molar-refractivity contribution < 1.29 is 4.79 Å². The van der Waals surface area contributed by atoms with Crippen molar-refractivity contribution in [3.05, 3.63) is 35.9 Å². The summed E-state index contributed by atoms with van der Waals surface area (Å²) < 4.78 is 0. The Kier molecular flexibility index (Phi) is 10.1. The highest BCUT2D eigenvalue weighted by atomic mass is 35.5. The smallest absolute Gasteiger partial charge is 0.224 e. The monoisotopic (exact) mass is 298 g/mol. The number of carbonyl (C=O) groups is 1. The van der Waals surface area contributed by atoms with Crippen molar-refractivity contribution in [2.75, 3.05) is 13.1 Å². The lowest BCUT2D eigenvalue weighted by atomic mass is 10.0. The molecule has 0 fully saturated rings. The molecule has 4 heteroatoms. The van der Waals surface area contributed by atoms with Gasteiger partial charge in [-0.1, -0.05) is 50.6 Å². The SMILES string of the molecule is CCCCN(C(=O)CCN)C(CC)c1ccccc1.Cl. The second-order valence-electron chi connectivity index (χ2n) is 4.81. The van der Waals surface area contributed by atoms with Crippen LogP contribution in [-0.4, -0.2) is 23.9 Å². The Morgan fingerprint density at radius 1 is 1.25 bits per heavy atom. The van der Waals surface area contributed by atoms with Gasteiger partial charge in [0.15, 0.2) is 0 Å². The van der Waals surface area contributed by atoms with Crippen LogP contribution in [0.1, 0.15) is 51.1 Å². The van der Waals surface area contributed by atoms with Gasteiger partial charge in [0.2, 0.25) is 5.91 Å². The summed E-state index contributed by atoms with van der Waals surface area (Å²) in [7, 11) is 0. The first-order chi connectivity index (χ1) is 9.24. The highest BCUT2D eigenvalue weighted by Gasteiger charge is 2.22. The minimum Gasteiger partial charge on any atom is -0.336 e. The first kappa shape index (κ1) is 18.9. The molecular weight excluding hydrogens is 272 g/mol. The van der Waals surface area contributed by atoms with Gasteiger partial charge in [0, 0.05) is 19.5 Å². The van der Waals surface area contributed by atoms with Gasteiger partial charge in [-0.15, -0.1) is 12.4 Å². The molecule has 0 aliphatic heterocycles. The molecule has 3 nitrogen and oxygen atoms in total. The van der Waals surface area contributed by atoms with Crippen LogP contribution in [0, 0.1) is 0 Å². The summed E-state index contributed by atoms with van der Waals surface area (Å²) in [5.74, 6) is 0.173. The normalized spacial score (nSPS) is 11.6. The van der Waals surface area contributed by atoms with Gasteiger partial charge in [-0.25, -0.2) is 0 Å². The Bertz CT molecular complexity index is 370. The number of carbonyl (C=O) groups excluding carboxylic acids is 1. The number of nitrogens with two attached hydrogens (primary N) is 1. The molecule has 1 aromatic carbocycles. The molecular formula is C16H27ClN2O. The Balaban J connectivity index is 0.00000361. The maximum Gasteiger partial charge on any atom is 0.224 e. The fraction of sp³-hybridized carbons (Fsp3) is 0.562. The maximum atomic E-state index is 12.3. The van der Waals surface area contributed by atoms with Gasteiger partial charge in [-0.05, 0) is 18.4 Å². The van der Waals surface area contributed by atoms with Crippen LogP contribution < -0.4 is 5.73 Å². The van der Waals surface area contributed by atoms with Crippen LogP contribution in [-0.2, 0) is 4.79 Å². The van der Waals surface area contributed by atoms with Gasteiger partial charge in [-0.3, -0.25) is 4.79 Å². The summed E-state index contributed by atoms with van der Waals surface area (Å²) in [5.41, 5.74) is 6.74. The first-order valence-corrected chi connectivity index (χ1v) is 7.29. The molecule has 114 valence electrons. The van der Waals surface area contributed by atoms with Crippen LogP contribution in [0.3, 0.4) is 0 Å². The van der Waals surface area contributed by atoms with Gasteiger partial charge >= 0.3 is 0 Å². The lowest BCUT2D eigenvalue weighted by molar-refractivity contribution is -0.133. The van der Waals surface area contributed by atoms with Crippen LogP contribution in [0.15, 0.2) is 30.3 Å². The van der Waals surface area contributed by atoms with E-state index >= 15 is 0 Å². The number of hydrogen-bond donors (Lipinski definition) is 1. The topological polar surface area (TPSA) is 46.3 Å². The number of benzene rings is 1. The lowest BCUT2D eigenvalue weighted by Gasteiger charge is -2.31. The molecule has 0 aliphatic carbocycles. The molecule has 20 heavy (non-hydrogen) atoms. The molecule has 0 radical (unpaired) electrons. The van der Waals surface area contributed by atoms with E-state index < -0.39 is 0 Å². The van der Waals surface area contributed by atoms with Gasteiger partial charge in [0.1, 0.15) is 0 Å². The van der Waals surface area contributed by atoms with Crippen LogP contribution >= 0.6 is 12.4 Å². The van der Waals surface area contributed by atoms with Crippen LogP contribution in [0.5, 0.6) is 0 Å². The van der Waals surface area contributed by atoms with Crippen molar-refractivity contribution in [3.8, 4) is 0 Å². The number of amides is 1. The van der Waals surface area contributed by atoms with Gasteiger partial charge < -0.3 is 10.6 Å². The second kappa shape index (κ2) is 10.7. The van der Waals surface area contributed by atoms with Crippen molar-refractivity contribution in [2.24, 2.45) is 5.73 Å². The van der Waals surface area contributed by atoms with E-state index in [-0.39, 0.29) is 24.4 Å². The summed E-state index contributed by atoms with van der Waals surface area (Å²) in [4.78, 5) is 14.3. The quantitative estimate of drug-likeness (QED) is 0.798. The average Bonchev–Trinajstić information content (AvgIpc) is 2.44. The van der Waals surface area contributed by atoms with E-state index in [0.717, 1.165) is 25.8 Å². The summed E-state index contributed by atoms with van der Waals surface area (Å²) in [6, 6.07) is 10.4. The number of nitrogens with zero attached hydrogens (tertiary/aromatic N) is 1. The van der Waals surface area contributed by atoms with Gasteiger partial charge in [-0.2, -0.15) is 0 Å². The molecule has 0 saturated heterocycles. The second-order valence-corrected chi connectivity index (χ2v) is 4.81. The molecule has 0 saturated carbocycles. The fourth-order valence-electron chi connectivity index (χ4n) is 2.36. The van der Waals surface area contributed by atoms with Gasteiger partial charge in [0.05, 0.1) is 6.04 Å². The third-order valence-corrected chi connectivity index (χ3v) is 3.38. The van der Waals surface area contributed by atoms with E-state index in [1.54, 1.807) is 0 Å². The molecule has 2 N–H and O–H groups in total. The van der Waals surface area contributed by atoms with Crippen LogP contribution in [0.25, 0.3) is 0 Å². The minimum absolute atomic E-state index is 0. The van der Waals surface area contributed by atoms with Crippen molar-refractivity contribution >= 4 is 18.3 Å². The fourth-order valence-corrected chi connectivity index (χ4v) is 2.36. The molecule has 0 heterocycles.